The molecule has 1 N–H and O–H groups in total. The van der Waals surface area contributed by atoms with Gasteiger partial charge in [-0.15, -0.1) is 0 Å². The summed E-state index contributed by atoms with van der Waals surface area (Å²) in [6.45, 7) is 4.16. The summed E-state index contributed by atoms with van der Waals surface area (Å²) in [5.74, 6) is 1.52. The first-order valence-electron chi connectivity index (χ1n) is 11.4. The van der Waals surface area contributed by atoms with Gasteiger partial charge in [0.15, 0.2) is 0 Å². The molecule has 1 unspecified atom stereocenters. The molecule has 1 heterocycles. The van der Waals surface area contributed by atoms with Crippen molar-refractivity contribution in [2.45, 2.75) is 19.9 Å². The topological polar surface area (TPSA) is 85.7 Å². The molecule has 0 aliphatic carbocycles. The Labute approximate surface area is 203 Å². The number of rotatable bonds is 7. The molecule has 0 fully saturated rings. The lowest BCUT2D eigenvalue weighted by Crippen LogP contribution is -2.37. The summed E-state index contributed by atoms with van der Waals surface area (Å²) >= 11 is 0. The monoisotopic (exact) mass is 472 g/mol. The quantitative estimate of drug-likeness (QED) is 0.408. The Morgan fingerprint density at radius 3 is 2.43 bits per heavy atom. The van der Waals surface area contributed by atoms with Crippen molar-refractivity contribution in [3.8, 4) is 17.2 Å². The molecule has 0 radical (unpaired) electrons. The second kappa shape index (κ2) is 10.3. The first kappa shape index (κ1) is 23.8. The summed E-state index contributed by atoms with van der Waals surface area (Å²) in [6.07, 6.45) is 0. The third kappa shape index (κ3) is 4.68. The molecular weight excluding hydrogens is 444 g/mol. The highest BCUT2D eigenvalue weighted by Crippen LogP contribution is 2.28. The smallest absolute Gasteiger partial charge is 0.322 e. The van der Waals surface area contributed by atoms with Crippen LogP contribution in [-0.4, -0.2) is 41.2 Å². The van der Waals surface area contributed by atoms with E-state index in [4.69, 9.17) is 14.5 Å². The second-order valence-electron chi connectivity index (χ2n) is 7.95. The van der Waals surface area contributed by atoms with E-state index in [1.54, 1.807) is 44.5 Å². The molecule has 3 aromatic carbocycles. The minimum Gasteiger partial charge on any atom is -0.495 e. The van der Waals surface area contributed by atoms with Crippen LogP contribution >= 0.6 is 0 Å². The van der Waals surface area contributed by atoms with Crippen molar-refractivity contribution in [1.29, 1.82) is 0 Å². The highest BCUT2D eigenvalue weighted by atomic mass is 16.5. The summed E-state index contributed by atoms with van der Waals surface area (Å²) < 4.78 is 12.7. The number of benzene rings is 3. The molecule has 1 atom stereocenters. The van der Waals surface area contributed by atoms with E-state index < -0.39 is 6.04 Å². The van der Waals surface area contributed by atoms with Crippen molar-refractivity contribution >= 4 is 22.6 Å². The van der Waals surface area contributed by atoms with Crippen LogP contribution in [0.3, 0.4) is 0 Å². The molecular formula is C27H28N4O4. The lowest BCUT2D eigenvalue weighted by atomic mass is 10.2. The maximum atomic E-state index is 13.7. The third-order valence-electron chi connectivity index (χ3n) is 5.83. The van der Waals surface area contributed by atoms with Crippen LogP contribution in [0.5, 0.6) is 11.5 Å². The number of ether oxygens (including phenoxy) is 2. The number of methoxy groups -OCH3 is 1. The fourth-order valence-corrected chi connectivity index (χ4v) is 3.88. The molecule has 4 rings (SSSR count). The standard InChI is InChI=1S/C27H28N4O4/c1-5-35-24-17-11-9-15-22(24)31-25(28-20-13-7-6-12-19(20)26(31)32)18(2)30(3)27(33)29-21-14-8-10-16-23(21)34-4/h6-18H,5H2,1-4H3,(H,29,33). The van der Waals surface area contributed by atoms with E-state index in [1.165, 1.54) is 9.47 Å². The van der Waals surface area contributed by atoms with Gasteiger partial charge in [0, 0.05) is 7.05 Å². The molecule has 0 aliphatic rings. The number of fused-ring (bicyclic) bond motifs is 1. The highest BCUT2D eigenvalue weighted by molar-refractivity contribution is 5.91. The number of anilines is 1. The average Bonchev–Trinajstić information content (AvgIpc) is 2.89. The van der Waals surface area contributed by atoms with Crippen molar-refractivity contribution in [3.63, 3.8) is 0 Å². The SMILES string of the molecule is CCOc1ccccc1-n1c(C(C)N(C)C(=O)Nc2ccccc2OC)nc2ccccc2c1=O. The molecule has 0 aliphatic heterocycles. The Hall–Kier alpha value is -4.33. The van der Waals surface area contributed by atoms with Gasteiger partial charge in [-0.1, -0.05) is 36.4 Å². The number of hydrogen-bond donors (Lipinski definition) is 1. The van der Waals surface area contributed by atoms with Crippen LogP contribution in [0.4, 0.5) is 10.5 Å². The largest absolute Gasteiger partial charge is 0.495 e. The summed E-state index contributed by atoms with van der Waals surface area (Å²) in [5.41, 5.74) is 1.44. The van der Waals surface area contributed by atoms with Crippen LogP contribution in [0, 0.1) is 0 Å². The predicted octanol–water partition coefficient (Wildman–Crippen LogP) is 5.02. The van der Waals surface area contributed by atoms with Crippen molar-refractivity contribution < 1.29 is 14.3 Å². The fourth-order valence-electron chi connectivity index (χ4n) is 3.88. The number of amides is 2. The average molecular weight is 473 g/mol. The Kier molecular flexibility index (Phi) is 7.01. The van der Waals surface area contributed by atoms with E-state index >= 15 is 0 Å². The lowest BCUT2D eigenvalue weighted by molar-refractivity contribution is 0.205. The van der Waals surface area contributed by atoms with Crippen LogP contribution < -0.4 is 20.3 Å². The number of nitrogens with zero attached hydrogens (tertiary/aromatic N) is 3. The molecule has 1 aromatic heterocycles. The van der Waals surface area contributed by atoms with E-state index in [-0.39, 0.29) is 11.6 Å². The van der Waals surface area contributed by atoms with Gasteiger partial charge in [-0.2, -0.15) is 0 Å². The fraction of sp³-hybridized carbons (Fsp3) is 0.222. The van der Waals surface area contributed by atoms with E-state index in [1.807, 2.05) is 56.3 Å². The van der Waals surface area contributed by atoms with Gasteiger partial charge in [0.25, 0.3) is 5.56 Å². The normalized spacial score (nSPS) is 11.7. The molecule has 0 saturated carbocycles. The van der Waals surface area contributed by atoms with Gasteiger partial charge in [0.05, 0.1) is 42.0 Å². The van der Waals surface area contributed by atoms with Crippen LogP contribution in [0.1, 0.15) is 25.7 Å². The van der Waals surface area contributed by atoms with Gasteiger partial charge in [0.2, 0.25) is 0 Å². The van der Waals surface area contributed by atoms with Gasteiger partial charge < -0.3 is 19.7 Å². The van der Waals surface area contributed by atoms with Crippen LogP contribution in [0.25, 0.3) is 16.6 Å². The maximum Gasteiger partial charge on any atom is 0.322 e. The van der Waals surface area contributed by atoms with Crippen molar-refractivity contribution in [2.75, 3.05) is 26.1 Å². The zero-order valence-corrected chi connectivity index (χ0v) is 20.2. The minimum atomic E-state index is -0.559. The number of urea groups is 1. The highest BCUT2D eigenvalue weighted by Gasteiger charge is 2.26. The number of carbonyl (C=O) groups is 1. The molecule has 2 amide bonds. The zero-order chi connectivity index (χ0) is 24.9. The zero-order valence-electron chi connectivity index (χ0n) is 20.2. The van der Waals surface area contributed by atoms with Gasteiger partial charge >= 0.3 is 6.03 Å². The summed E-state index contributed by atoms with van der Waals surface area (Å²) in [7, 11) is 3.21. The first-order chi connectivity index (χ1) is 17.0. The summed E-state index contributed by atoms with van der Waals surface area (Å²) in [4.78, 5) is 33.2. The Morgan fingerprint density at radius 1 is 1.03 bits per heavy atom. The Bertz CT molecular complexity index is 1420. The van der Waals surface area contributed by atoms with E-state index in [2.05, 4.69) is 5.32 Å². The van der Waals surface area contributed by atoms with Crippen LogP contribution in [-0.2, 0) is 0 Å². The molecule has 4 aromatic rings. The van der Waals surface area contributed by atoms with Crippen molar-refractivity contribution in [2.24, 2.45) is 0 Å². The molecule has 35 heavy (non-hydrogen) atoms. The van der Waals surface area contributed by atoms with Gasteiger partial charge in [-0.25, -0.2) is 9.78 Å². The second-order valence-corrected chi connectivity index (χ2v) is 7.95. The van der Waals surface area contributed by atoms with Crippen LogP contribution in [0.15, 0.2) is 77.6 Å². The molecule has 8 heteroatoms. The molecule has 8 nitrogen and oxygen atoms in total. The lowest BCUT2D eigenvalue weighted by Gasteiger charge is -2.28. The summed E-state index contributed by atoms with van der Waals surface area (Å²) in [6, 6.07) is 20.7. The predicted molar refractivity (Wildman–Crippen MR) is 137 cm³/mol. The molecule has 0 bridgehead atoms. The number of carbonyl (C=O) groups excluding carboxylic acids is 1. The summed E-state index contributed by atoms with van der Waals surface area (Å²) in [5, 5.41) is 3.36. The van der Waals surface area contributed by atoms with Crippen molar-refractivity contribution in [3.05, 3.63) is 89.0 Å². The van der Waals surface area contributed by atoms with Gasteiger partial charge in [-0.3, -0.25) is 9.36 Å². The number of nitrogens with one attached hydrogen (secondary N) is 1. The number of para-hydroxylation sites is 5. The Balaban J connectivity index is 1.81. The van der Waals surface area contributed by atoms with Gasteiger partial charge in [-0.05, 0) is 50.2 Å². The third-order valence-corrected chi connectivity index (χ3v) is 5.83. The minimum absolute atomic E-state index is 0.233. The van der Waals surface area contributed by atoms with Crippen molar-refractivity contribution in [1.82, 2.24) is 14.5 Å². The first-order valence-corrected chi connectivity index (χ1v) is 11.4. The van der Waals surface area contributed by atoms with Crippen LogP contribution in [0.2, 0.25) is 0 Å². The van der Waals surface area contributed by atoms with E-state index in [0.717, 1.165) is 0 Å². The van der Waals surface area contributed by atoms with Gasteiger partial charge in [0.1, 0.15) is 17.3 Å². The maximum absolute atomic E-state index is 13.7. The number of hydrogen-bond acceptors (Lipinski definition) is 5. The Morgan fingerprint density at radius 2 is 1.69 bits per heavy atom. The molecule has 0 spiro atoms. The van der Waals surface area contributed by atoms with E-state index in [0.29, 0.717) is 46.2 Å². The molecule has 0 saturated heterocycles. The number of aromatic nitrogens is 2. The molecule has 180 valence electrons. The van der Waals surface area contributed by atoms with E-state index in [9.17, 15) is 9.59 Å².